The van der Waals surface area contributed by atoms with Gasteiger partial charge in [-0.3, -0.25) is 14.5 Å². The molecule has 1 aliphatic heterocycles. The minimum Gasteiger partial charge on any atom is -0.269 e. The minimum absolute atomic E-state index is 0.160. The number of benzene rings is 2. The molecule has 0 saturated carbocycles. The Morgan fingerprint density at radius 3 is 2.12 bits per heavy atom. The van der Waals surface area contributed by atoms with Crippen LogP contribution in [-0.2, 0) is 10.0 Å². The standard InChI is InChI=1S/C16H12FN3O4S/c17-11-5-7-12(8-6-11)25(23,24)19-18-9-10-20-15(21)13-3-1-2-4-14(13)16(20)22/h1-9,19H,10H2/b18-9+. The Balaban J connectivity index is 1.66. The maximum atomic E-state index is 12.8. The van der Waals surface area contributed by atoms with Crippen molar-refractivity contribution in [1.82, 2.24) is 9.73 Å². The van der Waals surface area contributed by atoms with Gasteiger partial charge in [0, 0.05) is 6.21 Å². The number of fused-ring (bicyclic) bond motifs is 1. The number of hydrogen-bond donors (Lipinski definition) is 1. The van der Waals surface area contributed by atoms with Crippen molar-refractivity contribution in [2.45, 2.75) is 4.90 Å². The fraction of sp³-hybridized carbons (Fsp3) is 0.0625. The Labute approximate surface area is 142 Å². The van der Waals surface area contributed by atoms with Crippen molar-refractivity contribution in [3.05, 3.63) is 65.5 Å². The number of hydrazone groups is 1. The molecule has 0 atom stereocenters. The zero-order chi connectivity index (χ0) is 18.0. The summed E-state index contributed by atoms with van der Waals surface area (Å²) in [5.41, 5.74) is 0.598. The van der Waals surface area contributed by atoms with E-state index < -0.39 is 27.7 Å². The van der Waals surface area contributed by atoms with Crippen molar-refractivity contribution < 1.29 is 22.4 Å². The molecule has 0 spiro atoms. The highest BCUT2D eigenvalue weighted by Crippen LogP contribution is 2.21. The molecule has 7 nitrogen and oxygen atoms in total. The van der Waals surface area contributed by atoms with Crippen molar-refractivity contribution in [2.75, 3.05) is 6.54 Å². The molecule has 2 aromatic rings. The molecule has 0 aliphatic carbocycles. The summed E-state index contributed by atoms with van der Waals surface area (Å²) < 4.78 is 36.7. The average Bonchev–Trinajstić information content (AvgIpc) is 2.84. The summed E-state index contributed by atoms with van der Waals surface area (Å²) >= 11 is 0. The molecule has 25 heavy (non-hydrogen) atoms. The number of sulfonamides is 1. The van der Waals surface area contributed by atoms with E-state index in [2.05, 4.69) is 5.10 Å². The Morgan fingerprint density at radius 2 is 1.56 bits per heavy atom. The van der Waals surface area contributed by atoms with Crippen LogP contribution in [0.4, 0.5) is 4.39 Å². The fourth-order valence-electron chi connectivity index (χ4n) is 2.30. The first-order chi connectivity index (χ1) is 11.9. The highest BCUT2D eigenvalue weighted by atomic mass is 32.2. The zero-order valence-electron chi connectivity index (χ0n) is 12.7. The van der Waals surface area contributed by atoms with Crippen LogP contribution in [0.5, 0.6) is 0 Å². The van der Waals surface area contributed by atoms with Gasteiger partial charge in [0.05, 0.1) is 22.6 Å². The third-order valence-corrected chi connectivity index (χ3v) is 4.77. The number of carbonyl (C=O) groups excluding carboxylic acids is 2. The predicted molar refractivity (Wildman–Crippen MR) is 87.0 cm³/mol. The summed E-state index contributed by atoms with van der Waals surface area (Å²) in [6.45, 7) is -0.182. The van der Waals surface area contributed by atoms with Crippen LogP contribution in [0.3, 0.4) is 0 Å². The number of nitrogens with zero attached hydrogens (tertiary/aromatic N) is 2. The van der Waals surface area contributed by atoms with Crippen LogP contribution in [0.25, 0.3) is 0 Å². The molecule has 0 radical (unpaired) electrons. The number of hydrogen-bond acceptors (Lipinski definition) is 5. The van der Waals surface area contributed by atoms with Gasteiger partial charge in [0.1, 0.15) is 5.82 Å². The number of amides is 2. The summed E-state index contributed by atoms with van der Waals surface area (Å²) in [5.74, 6) is -1.49. The molecular formula is C16H12FN3O4S. The first kappa shape index (κ1) is 16.8. The topological polar surface area (TPSA) is 95.9 Å². The van der Waals surface area contributed by atoms with E-state index in [4.69, 9.17) is 0 Å². The Hall–Kier alpha value is -3.07. The van der Waals surface area contributed by atoms with E-state index in [1.54, 1.807) is 24.3 Å². The lowest BCUT2D eigenvalue weighted by Gasteiger charge is -2.10. The monoisotopic (exact) mass is 361 g/mol. The Morgan fingerprint density at radius 1 is 1.00 bits per heavy atom. The van der Waals surface area contributed by atoms with Gasteiger partial charge >= 0.3 is 0 Å². The molecular weight excluding hydrogens is 349 g/mol. The van der Waals surface area contributed by atoms with Crippen LogP contribution in [-0.4, -0.2) is 37.9 Å². The largest absolute Gasteiger partial charge is 0.276 e. The maximum Gasteiger partial charge on any atom is 0.276 e. The van der Waals surface area contributed by atoms with Crippen molar-refractivity contribution in [1.29, 1.82) is 0 Å². The van der Waals surface area contributed by atoms with Gasteiger partial charge in [-0.1, -0.05) is 12.1 Å². The number of nitrogens with one attached hydrogen (secondary N) is 1. The van der Waals surface area contributed by atoms with E-state index >= 15 is 0 Å². The highest BCUT2D eigenvalue weighted by molar-refractivity contribution is 7.89. The molecule has 0 aromatic heterocycles. The van der Waals surface area contributed by atoms with Crippen LogP contribution in [0.15, 0.2) is 58.5 Å². The van der Waals surface area contributed by atoms with Gasteiger partial charge in [-0.25, -0.2) is 9.22 Å². The van der Waals surface area contributed by atoms with Gasteiger partial charge < -0.3 is 0 Å². The summed E-state index contributed by atoms with van der Waals surface area (Å²) in [4.78, 5) is 27.0. The molecule has 3 rings (SSSR count). The van der Waals surface area contributed by atoms with Crippen molar-refractivity contribution in [3.8, 4) is 0 Å². The SMILES string of the molecule is O=C1c2ccccc2C(=O)N1C/C=N/NS(=O)(=O)c1ccc(F)cc1. The molecule has 128 valence electrons. The second kappa shape index (κ2) is 6.44. The van der Waals surface area contributed by atoms with Crippen LogP contribution < -0.4 is 4.83 Å². The number of halogens is 1. The number of rotatable bonds is 5. The van der Waals surface area contributed by atoms with Gasteiger partial charge in [0.15, 0.2) is 0 Å². The number of imide groups is 1. The van der Waals surface area contributed by atoms with E-state index in [0.29, 0.717) is 11.1 Å². The Kier molecular flexibility index (Phi) is 4.32. The molecule has 2 amide bonds. The molecule has 0 bridgehead atoms. The van der Waals surface area contributed by atoms with Gasteiger partial charge in [-0.15, -0.1) is 0 Å². The third-order valence-electron chi connectivity index (χ3n) is 3.53. The second-order valence-electron chi connectivity index (χ2n) is 5.13. The lowest BCUT2D eigenvalue weighted by molar-refractivity contribution is 0.0679. The van der Waals surface area contributed by atoms with E-state index in [-0.39, 0.29) is 11.4 Å². The molecule has 1 N–H and O–H groups in total. The molecule has 0 fully saturated rings. The van der Waals surface area contributed by atoms with Crippen molar-refractivity contribution in [3.63, 3.8) is 0 Å². The van der Waals surface area contributed by atoms with Gasteiger partial charge in [-0.2, -0.15) is 13.5 Å². The van der Waals surface area contributed by atoms with Crippen LogP contribution >= 0.6 is 0 Å². The van der Waals surface area contributed by atoms with Crippen LogP contribution in [0, 0.1) is 5.82 Å². The highest BCUT2D eigenvalue weighted by Gasteiger charge is 2.34. The lowest BCUT2D eigenvalue weighted by Crippen LogP contribution is -2.32. The third kappa shape index (κ3) is 3.26. The van der Waals surface area contributed by atoms with Gasteiger partial charge in [0.25, 0.3) is 21.8 Å². The second-order valence-corrected chi connectivity index (χ2v) is 6.79. The van der Waals surface area contributed by atoms with Crippen LogP contribution in [0.1, 0.15) is 20.7 Å². The molecule has 9 heteroatoms. The lowest BCUT2D eigenvalue weighted by atomic mass is 10.1. The van der Waals surface area contributed by atoms with E-state index in [9.17, 15) is 22.4 Å². The average molecular weight is 361 g/mol. The normalized spacial score (nSPS) is 14.2. The molecule has 1 heterocycles. The molecule has 0 saturated heterocycles. The molecule has 1 aliphatic rings. The van der Waals surface area contributed by atoms with E-state index in [1.165, 1.54) is 0 Å². The smallest absolute Gasteiger partial charge is 0.269 e. The van der Waals surface area contributed by atoms with Gasteiger partial charge in [0.2, 0.25) is 0 Å². The first-order valence-electron chi connectivity index (χ1n) is 7.14. The summed E-state index contributed by atoms with van der Waals surface area (Å²) in [6.07, 6.45) is 1.10. The molecule has 2 aromatic carbocycles. The summed E-state index contributed by atoms with van der Waals surface area (Å²) in [7, 11) is -3.96. The number of carbonyl (C=O) groups is 2. The zero-order valence-corrected chi connectivity index (χ0v) is 13.5. The minimum atomic E-state index is -3.96. The Bertz CT molecular complexity index is 936. The van der Waals surface area contributed by atoms with Gasteiger partial charge in [-0.05, 0) is 36.4 Å². The maximum absolute atomic E-state index is 12.8. The predicted octanol–water partition coefficient (Wildman–Crippen LogP) is 1.39. The van der Waals surface area contributed by atoms with E-state index in [0.717, 1.165) is 35.4 Å². The first-order valence-corrected chi connectivity index (χ1v) is 8.62. The van der Waals surface area contributed by atoms with Crippen molar-refractivity contribution >= 4 is 28.1 Å². The quantitative estimate of drug-likeness (QED) is 0.494. The summed E-state index contributed by atoms with van der Waals surface area (Å²) in [6, 6.07) is 10.6. The summed E-state index contributed by atoms with van der Waals surface area (Å²) in [5, 5.41) is 3.53. The molecule has 0 unspecified atom stereocenters. The van der Waals surface area contributed by atoms with E-state index in [1.807, 2.05) is 4.83 Å². The van der Waals surface area contributed by atoms with Crippen molar-refractivity contribution in [2.24, 2.45) is 5.10 Å². The fourth-order valence-corrected chi connectivity index (χ4v) is 3.11. The van der Waals surface area contributed by atoms with Crippen LogP contribution in [0.2, 0.25) is 0 Å².